The molecule has 198 valence electrons. The maximum Gasteiger partial charge on any atom is 0.261 e. The van der Waals surface area contributed by atoms with Crippen LogP contribution in [0.4, 0.5) is 0 Å². The van der Waals surface area contributed by atoms with Crippen molar-refractivity contribution in [2.75, 3.05) is 13.2 Å². The molecule has 0 aromatic heterocycles. The quantitative estimate of drug-likeness (QED) is 0.281. The van der Waals surface area contributed by atoms with Crippen molar-refractivity contribution in [3.05, 3.63) is 96.6 Å². The molecule has 3 aromatic rings. The maximum absolute atomic E-state index is 10.0. The average molecular weight is 539 g/mol. The highest BCUT2D eigenvalue weighted by Gasteiger charge is 2.50. The van der Waals surface area contributed by atoms with E-state index in [1.54, 1.807) is 0 Å². The van der Waals surface area contributed by atoms with Gasteiger partial charge in [0.15, 0.2) is 0 Å². The van der Waals surface area contributed by atoms with Gasteiger partial charge in [-0.3, -0.25) is 0 Å². The number of rotatable bonds is 10. The van der Waals surface area contributed by atoms with Gasteiger partial charge < -0.3 is 19.0 Å². The van der Waals surface area contributed by atoms with Crippen LogP contribution in [0.15, 0.2) is 91.0 Å². The molecule has 0 saturated carbocycles. The van der Waals surface area contributed by atoms with E-state index < -0.39 is 14.4 Å². The minimum absolute atomic E-state index is 0.0898. The summed E-state index contributed by atoms with van der Waals surface area (Å²) in [4.78, 5) is 0. The summed E-state index contributed by atoms with van der Waals surface area (Å²) in [5.74, 6) is 0. The van der Waals surface area contributed by atoms with Crippen LogP contribution < -0.4 is 10.4 Å². The van der Waals surface area contributed by atoms with Crippen LogP contribution in [0.1, 0.15) is 39.2 Å². The zero-order valence-corrected chi connectivity index (χ0v) is 23.8. The molecule has 0 amide bonds. The third-order valence-corrected chi connectivity index (χ3v) is 12.8. The largest absolute Gasteiger partial charge is 0.407 e. The molecule has 4 atom stereocenters. The van der Waals surface area contributed by atoms with Crippen molar-refractivity contribution in [1.82, 2.24) is 0 Å². The van der Waals surface area contributed by atoms with Gasteiger partial charge in [0.05, 0.1) is 30.8 Å². The summed E-state index contributed by atoms with van der Waals surface area (Å²) in [6.07, 6.45) is 0.413. The topological polar surface area (TPSA) is 47.9 Å². The molecular weight excluding hydrogens is 500 g/mol. The second kappa shape index (κ2) is 12.7. The van der Waals surface area contributed by atoms with Crippen LogP contribution in [0.3, 0.4) is 0 Å². The first-order valence-electron chi connectivity index (χ1n) is 13.2. The highest BCUT2D eigenvalue weighted by atomic mass is 35.5. The Morgan fingerprint density at radius 2 is 1.41 bits per heavy atom. The smallest absolute Gasteiger partial charge is 0.261 e. The molecule has 3 aromatic carbocycles. The molecule has 0 bridgehead atoms. The summed E-state index contributed by atoms with van der Waals surface area (Å²) in [5.41, 5.74) is 1.09. The standard InChI is InChI=1S/C31H39ClO4Si/c1-31(2,3)37(25-15-9-5-10-16-25,26-17-11-6-12-18-26)35-20-19-28-27(32)21-29(30(22-33)36-28)34-23-24-13-7-4-8-14-24/h4-18,27-30,33H,19-23H2,1-3H3/t27-,28-,29+,30+/m0/s1. The van der Waals surface area contributed by atoms with Crippen molar-refractivity contribution in [3.63, 3.8) is 0 Å². The Morgan fingerprint density at radius 3 is 1.92 bits per heavy atom. The predicted octanol–water partition coefficient (Wildman–Crippen LogP) is 5.30. The second-order valence-electron chi connectivity index (χ2n) is 10.8. The van der Waals surface area contributed by atoms with Crippen molar-refractivity contribution in [2.24, 2.45) is 0 Å². The van der Waals surface area contributed by atoms with Crippen LogP contribution in [0.5, 0.6) is 0 Å². The summed E-state index contributed by atoms with van der Waals surface area (Å²) < 4.78 is 19.4. The van der Waals surface area contributed by atoms with Gasteiger partial charge in [-0.2, -0.15) is 0 Å². The number of ether oxygens (including phenoxy) is 2. The molecule has 0 aliphatic carbocycles. The maximum atomic E-state index is 10.0. The van der Waals surface area contributed by atoms with E-state index in [4.69, 9.17) is 25.5 Å². The van der Waals surface area contributed by atoms with Crippen LogP contribution in [0.25, 0.3) is 0 Å². The van der Waals surface area contributed by atoms with Crippen molar-refractivity contribution in [2.45, 2.75) is 68.9 Å². The number of halogens is 1. The zero-order chi connectivity index (χ0) is 26.3. The van der Waals surface area contributed by atoms with Gasteiger partial charge in [0, 0.05) is 6.61 Å². The van der Waals surface area contributed by atoms with Gasteiger partial charge in [-0.1, -0.05) is 112 Å². The van der Waals surface area contributed by atoms with E-state index in [9.17, 15) is 5.11 Å². The first-order chi connectivity index (χ1) is 17.8. The van der Waals surface area contributed by atoms with E-state index in [-0.39, 0.29) is 29.2 Å². The molecule has 1 fully saturated rings. The first-order valence-corrected chi connectivity index (χ1v) is 15.5. The van der Waals surface area contributed by atoms with E-state index in [2.05, 4.69) is 81.4 Å². The fourth-order valence-electron chi connectivity index (χ4n) is 5.37. The first kappa shape index (κ1) is 28.0. The lowest BCUT2D eigenvalue weighted by Gasteiger charge is -2.44. The van der Waals surface area contributed by atoms with Gasteiger partial charge in [0.25, 0.3) is 8.32 Å². The molecule has 4 nitrogen and oxygen atoms in total. The van der Waals surface area contributed by atoms with Crippen LogP contribution >= 0.6 is 11.6 Å². The number of hydrogen-bond acceptors (Lipinski definition) is 4. The third-order valence-electron chi connectivity index (χ3n) is 7.25. The van der Waals surface area contributed by atoms with Crippen molar-refractivity contribution in [1.29, 1.82) is 0 Å². The van der Waals surface area contributed by atoms with Gasteiger partial charge >= 0.3 is 0 Å². The highest BCUT2D eigenvalue weighted by Crippen LogP contribution is 2.37. The average Bonchev–Trinajstić information content (AvgIpc) is 2.91. The second-order valence-corrected chi connectivity index (χ2v) is 15.6. The number of hydrogen-bond donors (Lipinski definition) is 1. The van der Waals surface area contributed by atoms with Crippen molar-refractivity contribution in [3.8, 4) is 0 Å². The Kier molecular flexibility index (Phi) is 9.62. The van der Waals surface area contributed by atoms with E-state index in [0.717, 1.165) is 5.56 Å². The van der Waals surface area contributed by atoms with Gasteiger partial charge in [-0.05, 0) is 33.8 Å². The SMILES string of the molecule is CC(C)(C)[Si](OCC[C@@H]1O[C@H](CO)[C@H](OCc2ccccc2)C[C@@H]1Cl)(c1ccccc1)c1ccccc1. The zero-order valence-electron chi connectivity index (χ0n) is 22.1. The Bertz CT molecular complexity index is 1040. The van der Waals surface area contributed by atoms with Crippen molar-refractivity contribution < 1.29 is 19.0 Å². The van der Waals surface area contributed by atoms with Gasteiger partial charge in [-0.15, -0.1) is 11.6 Å². The molecule has 1 aliphatic heterocycles. The molecule has 1 heterocycles. The van der Waals surface area contributed by atoms with E-state index in [1.165, 1.54) is 10.4 Å². The number of benzene rings is 3. The highest BCUT2D eigenvalue weighted by molar-refractivity contribution is 6.99. The minimum Gasteiger partial charge on any atom is -0.407 e. The van der Waals surface area contributed by atoms with Crippen LogP contribution in [-0.4, -0.2) is 50.3 Å². The van der Waals surface area contributed by atoms with Crippen LogP contribution in [-0.2, 0) is 20.5 Å². The molecule has 1 aliphatic rings. The van der Waals surface area contributed by atoms with E-state index >= 15 is 0 Å². The summed E-state index contributed by atoms with van der Waals surface area (Å²) in [6, 6.07) is 31.3. The molecule has 4 rings (SSSR count). The molecule has 1 N–H and O–H groups in total. The van der Waals surface area contributed by atoms with E-state index in [1.807, 2.05) is 30.3 Å². The molecule has 0 spiro atoms. The van der Waals surface area contributed by atoms with Gasteiger partial charge in [0.2, 0.25) is 0 Å². The van der Waals surface area contributed by atoms with Gasteiger partial charge in [-0.25, -0.2) is 0 Å². The monoisotopic (exact) mass is 538 g/mol. The van der Waals surface area contributed by atoms with Crippen LogP contribution in [0.2, 0.25) is 5.04 Å². The lowest BCUT2D eigenvalue weighted by atomic mass is 9.99. The number of aliphatic hydroxyl groups is 1. The van der Waals surface area contributed by atoms with Gasteiger partial charge in [0.1, 0.15) is 6.10 Å². The molecule has 6 heteroatoms. The molecule has 1 saturated heterocycles. The summed E-state index contributed by atoms with van der Waals surface area (Å²) in [6.45, 7) is 7.71. The minimum atomic E-state index is -2.62. The molecule has 0 unspecified atom stereocenters. The number of alkyl halides is 1. The fourth-order valence-corrected chi connectivity index (χ4v) is 10.3. The summed E-state index contributed by atoms with van der Waals surface area (Å²) in [5, 5.41) is 12.2. The van der Waals surface area contributed by atoms with Crippen LogP contribution in [0, 0.1) is 0 Å². The molecule has 37 heavy (non-hydrogen) atoms. The molecule has 0 radical (unpaired) electrons. The van der Waals surface area contributed by atoms with E-state index in [0.29, 0.717) is 26.1 Å². The Morgan fingerprint density at radius 1 is 0.865 bits per heavy atom. The predicted molar refractivity (Wildman–Crippen MR) is 153 cm³/mol. The molecular formula is C31H39ClO4Si. The Labute approximate surface area is 227 Å². The fraction of sp³-hybridized carbons (Fsp3) is 0.419. The lowest BCUT2D eigenvalue weighted by Crippen LogP contribution is -2.66. The Balaban J connectivity index is 1.46. The summed E-state index contributed by atoms with van der Waals surface area (Å²) >= 11 is 6.82. The third kappa shape index (κ3) is 6.54. The normalized spacial score (nSPS) is 22.6. The Hall–Kier alpha value is -1.99. The summed E-state index contributed by atoms with van der Waals surface area (Å²) in [7, 11) is -2.62. The lowest BCUT2D eigenvalue weighted by molar-refractivity contribution is -0.158. The number of aliphatic hydroxyl groups excluding tert-OH is 1. The van der Waals surface area contributed by atoms with Crippen molar-refractivity contribution >= 4 is 30.3 Å².